The summed E-state index contributed by atoms with van der Waals surface area (Å²) in [6.45, 7) is 0.0613. The van der Waals surface area contributed by atoms with Crippen LogP contribution >= 0.6 is 22.6 Å². The first-order chi connectivity index (χ1) is 9.08. The van der Waals surface area contributed by atoms with Crippen LogP contribution in [0.25, 0.3) is 0 Å². The van der Waals surface area contributed by atoms with E-state index in [0.29, 0.717) is 11.3 Å². The van der Waals surface area contributed by atoms with Crippen LogP contribution < -0.4 is 4.74 Å². The summed E-state index contributed by atoms with van der Waals surface area (Å²) in [6.07, 6.45) is 0. The molecule has 98 valence electrons. The minimum Gasteiger partial charge on any atom is -0.488 e. The number of aromatic carboxylic acids is 1. The van der Waals surface area contributed by atoms with Gasteiger partial charge in [-0.3, -0.25) is 0 Å². The summed E-state index contributed by atoms with van der Waals surface area (Å²) in [5.41, 5.74) is 0.572. The maximum Gasteiger partial charge on any atom is 0.335 e. The Morgan fingerprint density at radius 3 is 2.68 bits per heavy atom. The highest BCUT2D eigenvalue weighted by Gasteiger charge is 2.09. The third-order valence-electron chi connectivity index (χ3n) is 2.52. The molecule has 0 saturated carbocycles. The molecule has 5 heteroatoms. The van der Waals surface area contributed by atoms with Crippen molar-refractivity contribution in [1.82, 2.24) is 0 Å². The van der Waals surface area contributed by atoms with Gasteiger partial charge in [0.2, 0.25) is 0 Å². The smallest absolute Gasteiger partial charge is 0.335 e. The number of hydrogen-bond acceptors (Lipinski definition) is 2. The van der Waals surface area contributed by atoms with E-state index in [0.717, 1.165) is 3.57 Å². The van der Waals surface area contributed by atoms with Crippen molar-refractivity contribution in [2.75, 3.05) is 0 Å². The van der Waals surface area contributed by atoms with E-state index in [-0.39, 0.29) is 18.0 Å². The van der Waals surface area contributed by atoms with Gasteiger partial charge < -0.3 is 9.84 Å². The van der Waals surface area contributed by atoms with Crippen LogP contribution in [-0.4, -0.2) is 11.1 Å². The van der Waals surface area contributed by atoms with E-state index in [9.17, 15) is 9.18 Å². The molecule has 2 rings (SSSR count). The molecule has 19 heavy (non-hydrogen) atoms. The molecule has 0 radical (unpaired) electrons. The molecule has 0 bridgehead atoms. The standard InChI is InChI=1S/C14H10FIO3/c15-11-4-2-1-3-10(11)8-19-13-7-9(14(17)18)5-6-12(13)16/h1-7H,8H2,(H,17,18). The zero-order valence-electron chi connectivity index (χ0n) is 9.77. The van der Waals surface area contributed by atoms with E-state index in [1.807, 2.05) is 22.6 Å². The molecule has 0 saturated heterocycles. The number of carboxylic acids is 1. The third kappa shape index (κ3) is 3.44. The molecule has 0 atom stereocenters. The molecule has 0 heterocycles. The zero-order valence-corrected chi connectivity index (χ0v) is 11.9. The van der Waals surface area contributed by atoms with Gasteiger partial charge in [-0.05, 0) is 46.9 Å². The molecule has 3 nitrogen and oxygen atoms in total. The van der Waals surface area contributed by atoms with Crippen molar-refractivity contribution in [3.8, 4) is 5.75 Å². The minimum atomic E-state index is -1.02. The summed E-state index contributed by atoms with van der Waals surface area (Å²) in [4.78, 5) is 10.9. The van der Waals surface area contributed by atoms with Crippen molar-refractivity contribution in [3.05, 3.63) is 63.0 Å². The van der Waals surface area contributed by atoms with Crippen LogP contribution in [-0.2, 0) is 6.61 Å². The second-order valence-corrected chi connectivity index (χ2v) is 4.99. The van der Waals surface area contributed by atoms with Crippen LogP contribution in [0.15, 0.2) is 42.5 Å². The van der Waals surface area contributed by atoms with Crippen molar-refractivity contribution in [2.24, 2.45) is 0 Å². The summed E-state index contributed by atoms with van der Waals surface area (Å²) in [7, 11) is 0. The second-order valence-electron chi connectivity index (χ2n) is 3.83. The van der Waals surface area contributed by atoms with Gasteiger partial charge in [0.05, 0.1) is 9.13 Å². The first-order valence-corrected chi connectivity index (χ1v) is 6.55. The fourth-order valence-corrected chi connectivity index (χ4v) is 2.01. The SMILES string of the molecule is O=C(O)c1ccc(I)c(OCc2ccccc2F)c1. The van der Waals surface area contributed by atoms with Gasteiger partial charge >= 0.3 is 5.97 Å². The fraction of sp³-hybridized carbons (Fsp3) is 0.0714. The highest BCUT2D eigenvalue weighted by Crippen LogP contribution is 2.23. The molecule has 0 unspecified atom stereocenters. The molecule has 0 fully saturated rings. The van der Waals surface area contributed by atoms with Gasteiger partial charge in [0, 0.05) is 5.56 Å². The Balaban J connectivity index is 2.17. The van der Waals surface area contributed by atoms with Crippen molar-refractivity contribution in [2.45, 2.75) is 6.61 Å². The average Bonchev–Trinajstić information content (AvgIpc) is 2.39. The molecular weight excluding hydrogens is 362 g/mol. The second kappa shape index (κ2) is 6.01. The molecule has 0 spiro atoms. The van der Waals surface area contributed by atoms with Crippen LogP contribution in [0.2, 0.25) is 0 Å². The number of benzene rings is 2. The number of hydrogen-bond donors (Lipinski definition) is 1. The number of rotatable bonds is 4. The lowest BCUT2D eigenvalue weighted by atomic mass is 10.2. The summed E-state index contributed by atoms with van der Waals surface area (Å²) in [6, 6.07) is 10.9. The van der Waals surface area contributed by atoms with E-state index in [1.165, 1.54) is 18.2 Å². The monoisotopic (exact) mass is 372 g/mol. The molecule has 0 aromatic heterocycles. The van der Waals surface area contributed by atoms with E-state index >= 15 is 0 Å². The topological polar surface area (TPSA) is 46.5 Å². The highest BCUT2D eigenvalue weighted by atomic mass is 127. The van der Waals surface area contributed by atoms with Crippen molar-refractivity contribution in [3.63, 3.8) is 0 Å². The summed E-state index contributed by atoms with van der Waals surface area (Å²) >= 11 is 2.04. The predicted octanol–water partition coefficient (Wildman–Crippen LogP) is 3.71. The molecule has 2 aromatic rings. The zero-order chi connectivity index (χ0) is 13.8. The van der Waals surface area contributed by atoms with Crippen molar-refractivity contribution < 1.29 is 19.0 Å². The first kappa shape index (κ1) is 13.8. The minimum absolute atomic E-state index is 0.0613. The lowest BCUT2D eigenvalue weighted by Gasteiger charge is -2.09. The first-order valence-electron chi connectivity index (χ1n) is 5.47. The Morgan fingerprint density at radius 1 is 1.26 bits per heavy atom. The highest BCUT2D eigenvalue weighted by molar-refractivity contribution is 14.1. The Bertz CT molecular complexity index is 613. The molecule has 0 aliphatic rings. The lowest BCUT2D eigenvalue weighted by molar-refractivity contribution is 0.0696. The van der Waals surface area contributed by atoms with E-state index in [2.05, 4.69) is 0 Å². The van der Waals surface area contributed by atoms with Gasteiger partial charge in [0.1, 0.15) is 18.2 Å². The van der Waals surface area contributed by atoms with Gasteiger partial charge in [0.25, 0.3) is 0 Å². The Morgan fingerprint density at radius 2 is 2.00 bits per heavy atom. The molecule has 2 aromatic carbocycles. The number of carboxylic acid groups (broad SMARTS) is 1. The van der Waals surface area contributed by atoms with E-state index in [1.54, 1.807) is 24.3 Å². The summed E-state index contributed by atoms with van der Waals surface area (Å²) < 4.78 is 19.7. The maximum atomic E-state index is 13.4. The molecule has 0 aliphatic carbocycles. The maximum absolute atomic E-state index is 13.4. The Hall–Kier alpha value is -1.63. The Labute approximate surface area is 123 Å². The average molecular weight is 372 g/mol. The number of carbonyl (C=O) groups is 1. The summed E-state index contributed by atoms with van der Waals surface area (Å²) in [5, 5.41) is 8.91. The normalized spacial score (nSPS) is 10.2. The van der Waals surface area contributed by atoms with Gasteiger partial charge in [0.15, 0.2) is 0 Å². The van der Waals surface area contributed by atoms with E-state index < -0.39 is 5.97 Å². The third-order valence-corrected chi connectivity index (χ3v) is 3.41. The molecule has 1 N–H and O–H groups in total. The van der Waals surface area contributed by atoms with Gasteiger partial charge in [-0.2, -0.15) is 0 Å². The largest absolute Gasteiger partial charge is 0.488 e. The van der Waals surface area contributed by atoms with Crippen LogP contribution in [0, 0.1) is 9.39 Å². The van der Waals surface area contributed by atoms with Crippen molar-refractivity contribution >= 4 is 28.6 Å². The van der Waals surface area contributed by atoms with Gasteiger partial charge in [-0.15, -0.1) is 0 Å². The van der Waals surface area contributed by atoms with Crippen LogP contribution in [0.4, 0.5) is 4.39 Å². The molecule has 0 amide bonds. The van der Waals surface area contributed by atoms with Gasteiger partial charge in [-0.1, -0.05) is 18.2 Å². The van der Waals surface area contributed by atoms with E-state index in [4.69, 9.17) is 9.84 Å². The van der Waals surface area contributed by atoms with Crippen molar-refractivity contribution in [1.29, 1.82) is 0 Å². The number of ether oxygens (including phenoxy) is 1. The molecule has 0 aliphatic heterocycles. The molecular formula is C14H10FIO3. The summed E-state index contributed by atoms with van der Waals surface area (Å²) in [5.74, 6) is -0.928. The quantitative estimate of drug-likeness (QED) is 0.833. The lowest BCUT2D eigenvalue weighted by Crippen LogP contribution is -2.02. The predicted molar refractivity (Wildman–Crippen MR) is 76.9 cm³/mol. The van der Waals surface area contributed by atoms with Crippen LogP contribution in [0.1, 0.15) is 15.9 Å². The Kier molecular flexibility index (Phi) is 4.36. The van der Waals surface area contributed by atoms with Gasteiger partial charge in [-0.25, -0.2) is 9.18 Å². The van der Waals surface area contributed by atoms with Crippen LogP contribution in [0.5, 0.6) is 5.75 Å². The van der Waals surface area contributed by atoms with Crippen LogP contribution in [0.3, 0.4) is 0 Å². The fourth-order valence-electron chi connectivity index (χ4n) is 1.52. The number of halogens is 2.